The molecule has 0 aliphatic carbocycles. The van der Waals surface area contributed by atoms with E-state index in [0.29, 0.717) is 25.7 Å². The highest BCUT2D eigenvalue weighted by molar-refractivity contribution is 7.47. The van der Waals surface area contributed by atoms with Crippen molar-refractivity contribution in [3.8, 4) is 0 Å². The Morgan fingerprint density at radius 1 is 0.426 bits per heavy atom. The monoisotopic (exact) mass is 973 g/mol. The number of rotatable bonds is 47. The average Bonchev–Trinajstić information content (AvgIpc) is 3.32. The van der Waals surface area contributed by atoms with Crippen LogP contribution in [0.2, 0.25) is 0 Å². The molecule has 0 radical (unpaired) electrons. The molecule has 12 heteroatoms. The van der Waals surface area contributed by atoms with Gasteiger partial charge in [-0.2, -0.15) is 0 Å². The van der Waals surface area contributed by atoms with Gasteiger partial charge in [0.1, 0.15) is 12.7 Å². The summed E-state index contributed by atoms with van der Waals surface area (Å²) in [5.74, 6) is -1.57. The lowest BCUT2D eigenvalue weighted by molar-refractivity contribution is -0.161. The van der Waals surface area contributed by atoms with Crippen molar-refractivity contribution in [1.82, 2.24) is 0 Å². The number of aliphatic hydroxyl groups is 1. The van der Waals surface area contributed by atoms with Gasteiger partial charge in [0.2, 0.25) is 0 Å². The number of carbonyl (C=O) groups is 3. The third-order valence-electron chi connectivity index (χ3n) is 10.5. The van der Waals surface area contributed by atoms with Crippen LogP contribution in [0.25, 0.3) is 0 Å². The summed E-state index contributed by atoms with van der Waals surface area (Å²) in [6, 6.07) is 0. The van der Waals surface area contributed by atoms with Crippen molar-refractivity contribution in [2.45, 2.75) is 213 Å². The van der Waals surface area contributed by atoms with Crippen LogP contribution in [0, 0.1) is 0 Å². The number of hydrogen-bond acceptors (Lipinski definition) is 10. The van der Waals surface area contributed by atoms with Crippen LogP contribution < -0.4 is 0 Å². The maximum atomic E-state index is 12.8. The van der Waals surface area contributed by atoms with E-state index in [1.54, 1.807) is 0 Å². The van der Waals surface area contributed by atoms with E-state index in [2.05, 4.69) is 106 Å². The summed E-state index contributed by atoms with van der Waals surface area (Å²) in [5, 5.41) is 9.75. The topological polar surface area (TPSA) is 155 Å². The molecule has 0 saturated carbocycles. The van der Waals surface area contributed by atoms with E-state index in [1.807, 2.05) is 12.2 Å². The molecule has 2 N–H and O–H groups in total. The molecular weight excluding hydrogens is 880 g/mol. The molecule has 0 heterocycles. The maximum Gasteiger partial charge on any atom is 0.472 e. The van der Waals surface area contributed by atoms with Crippen molar-refractivity contribution in [1.29, 1.82) is 0 Å². The van der Waals surface area contributed by atoms with Crippen molar-refractivity contribution < 1.29 is 52.2 Å². The molecule has 3 atom stereocenters. The van der Waals surface area contributed by atoms with Gasteiger partial charge in [0.05, 0.1) is 19.8 Å². The summed E-state index contributed by atoms with van der Waals surface area (Å²) in [7, 11) is -4.76. The predicted octanol–water partition coefficient (Wildman–Crippen LogP) is 14.9. The average molecular weight is 973 g/mol. The van der Waals surface area contributed by atoms with Gasteiger partial charge in [-0.3, -0.25) is 23.4 Å². The van der Waals surface area contributed by atoms with Crippen molar-refractivity contribution in [2.24, 2.45) is 0 Å². The van der Waals surface area contributed by atoms with E-state index in [9.17, 15) is 28.9 Å². The Kier molecular flexibility index (Phi) is 47.2. The predicted molar refractivity (Wildman–Crippen MR) is 279 cm³/mol. The summed E-state index contributed by atoms with van der Waals surface area (Å²) in [6.45, 7) is 4.28. The minimum atomic E-state index is -4.76. The number of ether oxygens (including phenoxy) is 3. The molecule has 0 aliphatic rings. The number of unbranched alkanes of at least 4 members (excludes halogenated alkanes) is 14. The highest BCUT2D eigenvalue weighted by Crippen LogP contribution is 2.43. The van der Waals surface area contributed by atoms with Crippen LogP contribution in [0.1, 0.15) is 201 Å². The Labute approximate surface area is 412 Å². The fourth-order valence-corrected chi connectivity index (χ4v) is 7.36. The summed E-state index contributed by atoms with van der Waals surface area (Å²) in [6.07, 6.45) is 56.8. The standard InChI is InChI=1S/C56H93O11P/c1-4-7-10-13-16-19-21-23-25-26-28-30-32-35-38-41-44-47-56(60)67-53(49-63-54(58)45-42-39-36-34-31-29-27-24-22-20-17-14-11-8-5-2)51-65-68(61,62)64-50-52(48-57)66-55(59)46-43-40-37-33-18-15-12-9-6-3/h7-8,10-11,16-17,19-20,23-25,27-28,30,35,38,52-53,57H,4-6,9,12-15,18,21-22,26,29,31-34,36-37,39-51H2,1-3H3,(H,61,62)/b10-7-,11-8-,19-16-,20-17-,25-23-,27-24-,30-28-,38-35-. The molecule has 0 aromatic carbocycles. The van der Waals surface area contributed by atoms with Crippen LogP contribution in [-0.4, -0.2) is 66.5 Å². The van der Waals surface area contributed by atoms with E-state index in [4.69, 9.17) is 23.3 Å². The molecule has 0 aliphatic heterocycles. The summed E-state index contributed by atoms with van der Waals surface area (Å²) in [5.41, 5.74) is 0. The SMILES string of the molecule is CC/C=C\C/C=C\C/C=C\C/C=C\C/C=C\CCCC(=O)OC(COC(=O)CCCCCCC/C=C\C/C=C\C/C=C\CC)COP(=O)(O)OCC(CO)OC(=O)CCCCCCCCCCC. The molecule has 0 saturated heterocycles. The zero-order valence-electron chi connectivity index (χ0n) is 42.5. The van der Waals surface area contributed by atoms with Crippen LogP contribution >= 0.6 is 7.82 Å². The van der Waals surface area contributed by atoms with E-state index in [1.165, 1.54) is 32.1 Å². The van der Waals surface area contributed by atoms with Gasteiger partial charge < -0.3 is 24.2 Å². The first-order chi connectivity index (χ1) is 33.2. The molecule has 11 nitrogen and oxygen atoms in total. The lowest BCUT2D eigenvalue weighted by Crippen LogP contribution is -2.30. The molecule has 0 aromatic heterocycles. The molecule has 388 valence electrons. The maximum absolute atomic E-state index is 12.8. The third-order valence-corrected chi connectivity index (χ3v) is 11.5. The molecule has 0 bridgehead atoms. The number of carbonyl (C=O) groups excluding carboxylic acids is 3. The lowest BCUT2D eigenvalue weighted by atomic mass is 10.1. The van der Waals surface area contributed by atoms with Crippen LogP contribution in [-0.2, 0) is 42.2 Å². The summed E-state index contributed by atoms with van der Waals surface area (Å²) >= 11 is 0. The van der Waals surface area contributed by atoms with Gasteiger partial charge in [-0.1, -0.05) is 189 Å². The Morgan fingerprint density at radius 2 is 0.779 bits per heavy atom. The van der Waals surface area contributed by atoms with Crippen molar-refractivity contribution >= 4 is 25.7 Å². The van der Waals surface area contributed by atoms with Crippen molar-refractivity contribution in [2.75, 3.05) is 26.4 Å². The minimum absolute atomic E-state index is 0.0818. The highest BCUT2D eigenvalue weighted by Gasteiger charge is 2.28. The Morgan fingerprint density at radius 3 is 1.24 bits per heavy atom. The van der Waals surface area contributed by atoms with Crippen LogP contribution in [0.3, 0.4) is 0 Å². The molecule has 0 rings (SSSR count). The van der Waals surface area contributed by atoms with Crippen molar-refractivity contribution in [3.05, 3.63) is 97.2 Å². The number of aliphatic hydroxyl groups excluding tert-OH is 1. The largest absolute Gasteiger partial charge is 0.472 e. The Bertz CT molecular complexity index is 1510. The normalized spacial score (nSPS) is 14.2. The van der Waals surface area contributed by atoms with Gasteiger partial charge in [0.15, 0.2) is 6.10 Å². The minimum Gasteiger partial charge on any atom is -0.462 e. The third kappa shape index (κ3) is 47.5. The van der Waals surface area contributed by atoms with Gasteiger partial charge >= 0.3 is 25.7 Å². The fraction of sp³-hybridized carbons (Fsp3) is 0.661. The number of phosphoric acid groups is 1. The van der Waals surface area contributed by atoms with Gasteiger partial charge in [0.25, 0.3) is 0 Å². The number of phosphoric ester groups is 1. The van der Waals surface area contributed by atoms with Gasteiger partial charge in [0, 0.05) is 19.3 Å². The van der Waals surface area contributed by atoms with E-state index in [0.717, 1.165) is 103 Å². The summed E-state index contributed by atoms with van der Waals surface area (Å²) < 4.78 is 39.2. The first-order valence-electron chi connectivity index (χ1n) is 26.1. The van der Waals surface area contributed by atoms with E-state index >= 15 is 0 Å². The van der Waals surface area contributed by atoms with E-state index < -0.39 is 57.8 Å². The smallest absolute Gasteiger partial charge is 0.462 e. The van der Waals surface area contributed by atoms with Gasteiger partial charge in [-0.15, -0.1) is 0 Å². The molecule has 0 fully saturated rings. The van der Waals surface area contributed by atoms with Crippen LogP contribution in [0.5, 0.6) is 0 Å². The molecule has 68 heavy (non-hydrogen) atoms. The number of allylic oxidation sites excluding steroid dienone is 16. The zero-order chi connectivity index (χ0) is 49.9. The van der Waals surface area contributed by atoms with Crippen LogP contribution in [0.4, 0.5) is 0 Å². The quantitative estimate of drug-likeness (QED) is 0.0197. The molecule has 0 aromatic rings. The summed E-state index contributed by atoms with van der Waals surface area (Å²) in [4.78, 5) is 48.3. The first-order valence-corrected chi connectivity index (χ1v) is 27.6. The second kappa shape index (κ2) is 49.8. The second-order valence-electron chi connectivity index (χ2n) is 16.9. The van der Waals surface area contributed by atoms with Gasteiger partial charge in [-0.05, 0) is 89.9 Å². The second-order valence-corrected chi connectivity index (χ2v) is 18.4. The number of esters is 3. The lowest BCUT2D eigenvalue weighted by Gasteiger charge is -2.21. The van der Waals surface area contributed by atoms with Gasteiger partial charge in [-0.25, -0.2) is 4.57 Å². The zero-order valence-corrected chi connectivity index (χ0v) is 43.4. The van der Waals surface area contributed by atoms with Crippen LogP contribution in [0.15, 0.2) is 97.2 Å². The highest BCUT2D eigenvalue weighted by atomic mass is 31.2. The Balaban J connectivity index is 4.88. The number of hydrogen-bond donors (Lipinski definition) is 2. The Hall–Kier alpha value is -3.60. The molecule has 3 unspecified atom stereocenters. The molecule has 0 spiro atoms. The first kappa shape index (κ1) is 64.4. The van der Waals surface area contributed by atoms with E-state index in [-0.39, 0.29) is 25.9 Å². The molecule has 0 amide bonds. The fourth-order valence-electron chi connectivity index (χ4n) is 6.58. The van der Waals surface area contributed by atoms with Crippen molar-refractivity contribution in [3.63, 3.8) is 0 Å². The molecular formula is C56H93O11P.